The van der Waals surface area contributed by atoms with E-state index in [1.165, 1.54) is 24.2 Å². The van der Waals surface area contributed by atoms with Gasteiger partial charge in [-0.05, 0) is 48.2 Å². The number of hydrogen-bond acceptors (Lipinski definition) is 5. The van der Waals surface area contributed by atoms with Crippen LogP contribution in [0.5, 0.6) is 0 Å². The molecule has 1 aliphatic rings. The Labute approximate surface area is 176 Å². The highest BCUT2D eigenvalue weighted by atomic mass is 32.2. The Hall–Kier alpha value is -2.31. The van der Waals surface area contributed by atoms with Gasteiger partial charge in [-0.1, -0.05) is 24.3 Å². The predicted molar refractivity (Wildman–Crippen MR) is 119 cm³/mol. The van der Waals surface area contributed by atoms with Gasteiger partial charge in [0.2, 0.25) is 5.91 Å². The van der Waals surface area contributed by atoms with Crippen LogP contribution in [0.25, 0.3) is 0 Å². The number of carbonyl (C=O) groups excluding carboxylic acids is 2. The number of anilines is 1. The zero-order valence-electron chi connectivity index (χ0n) is 17.1. The fourth-order valence-corrected chi connectivity index (χ4v) is 4.36. The van der Waals surface area contributed by atoms with E-state index in [1.54, 1.807) is 12.1 Å². The average molecular weight is 413 g/mol. The van der Waals surface area contributed by atoms with Gasteiger partial charge in [0.15, 0.2) is 0 Å². The van der Waals surface area contributed by atoms with Crippen LogP contribution in [0.1, 0.15) is 33.5 Å². The number of aryl methyl sites for hydroxylation is 1. The van der Waals surface area contributed by atoms with Gasteiger partial charge in [-0.2, -0.15) is 11.8 Å². The second-order valence-corrected chi connectivity index (χ2v) is 8.44. The molecule has 1 N–H and O–H groups in total. The summed E-state index contributed by atoms with van der Waals surface area (Å²) in [6, 6.07) is 13.3. The first kappa shape index (κ1) is 21.4. The van der Waals surface area contributed by atoms with E-state index in [0.717, 1.165) is 36.4 Å². The Bertz CT molecular complexity index is 846. The molecule has 0 unspecified atom stereocenters. The lowest BCUT2D eigenvalue weighted by Crippen LogP contribution is -2.32. The summed E-state index contributed by atoms with van der Waals surface area (Å²) >= 11 is 2.01. The molecule has 2 aromatic carbocycles. The first-order valence-electron chi connectivity index (χ1n) is 9.92. The topological polar surface area (TPSA) is 58.6 Å². The summed E-state index contributed by atoms with van der Waals surface area (Å²) in [6.45, 7) is 5.25. The van der Waals surface area contributed by atoms with E-state index in [2.05, 4.69) is 23.2 Å². The number of ether oxygens (including phenoxy) is 1. The largest absolute Gasteiger partial charge is 0.465 e. The van der Waals surface area contributed by atoms with E-state index in [4.69, 9.17) is 4.74 Å². The maximum atomic E-state index is 12.5. The van der Waals surface area contributed by atoms with E-state index in [0.29, 0.717) is 18.4 Å². The summed E-state index contributed by atoms with van der Waals surface area (Å²) in [5, 5.41) is 3.06. The third-order valence-electron chi connectivity index (χ3n) is 5.23. The highest BCUT2D eigenvalue weighted by molar-refractivity contribution is 7.99. The summed E-state index contributed by atoms with van der Waals surface area (Å²) in [4.78, 5) is 26.4. The molecule has 0 bridgehead atoms. The van der Waals surface area contributed by atoms with Crippen LogP contribution < -0.4 is 5.32 Å². The lowest BCUT2D eigenvalue weighted by molar-refractivity contribution is -0.116. The number of nitrogens with one attached hydrogen (secondary N) is 1. The van der Waals surface area contributed by atoms with E-state index in [-0.39, 0.29) is 11.9 Å². The minimum atomic E-state index is -0.354. The van der Waals surface area contributed by atoms with Crippen molar-refractivity contribution in [1.29, 1.82) is 0 Å². The molecule has 2 aromatic rings. The van der Waals surface area contributed by atoms with Crippen LogP contribution in [-0.2, 0) is 22.5 Å². The second kappa shape index (κ2) is 10.5. The van der Waals surface area contributed by atoms with Gasteiger partial charge in [-0.3, -0.25) is 9.69 Å². The fraction of sp³-hybridized carbons (Fsp3) is 0.391. The van der Waals surface area contributed by atoms with Crippen LogP contribution in [0, 0.1) is 6.92 Å². The lowest BCUT2D eigenvalue weighted by Gasteiger charge is -2.27. The molecular formula is C23H28N2O3S. The van der Waals surface area contributed by atoms with Gasteiger partial charge in [0.1, 0.15) is 0 Å². The van der Waals surface area contributed by atoms with Crippen LogP contribution in [-0.4, -0.2) is 48.5 Å². The number of rotatable bonds is 7. The van der Waals surface area contributed by atoms with Crippen molar-refractivity contribution in [2.24, 2.45) is 0 Å². The summed E-state index contributed by atoms with van der Waals surface area (Å²) in [5.74, 6) is 2.02. The molecular weight excluding hydrogens is 384 g/mol. The average Bonchev–Trinajstić information content (AvgIpc) is 2.75. The minimum Gasteiger partial charge on any atom is -0.465 e. The van der Waals surface area contributed by atoms with Crippen LogP contribution >= 0.6 is 11.8 Å². The fourth-order valence-electron chi connectivity index (χ4n) is 3.39. The molecule has 3 rings (SSSR count). The molecule has 29 heavy (non-hydrogen) atoms. The van der Waals surface area contributed by atoms with Crippen LogP contribution in [0.2, 0.25) is 0 Å². The highest BCUT2D eigenvalue weighted by Gasteiger charge is 2.14. The molecule has 1 heterocycles. The van der Waals surface area contributed by atoms with Crippen molar-refractivity contribution in [2.45, 2.75) is 26.3 Å². The molecule has 154 valence electrons. The first-order chi connectivity index (χ1) is 14.1. The monoisotopic (exact) mass is 412 g/mol. The number of hydrogen-bond donors (Lipinski definition) is 1. The van der Waals surface area contributed by atoms with Gasteiger partial charge >= 0.3 is 5.97 Å². The van der Waals surface area contributed by atoms with Crippen molar-refractivity contribution in [3.05, 3.63) is 64.7 Å². The van der Waals surface area contributed by atoms with Gasteiger partial charge in [-0.25, -0.2) is 4.79 Å². The second-order valence-electron chi connectivity index (χ2n) is 7.21. The van der Waals surface area contributed by atoms with Crippen molar-refractivity contribution < 1.29 is 14.3 Å². The van der Waals surface area contributed by atoms with Crippen LogP contribution in [0.15, 0.2) is 42.5 Å². The molecule has 0 atom stereocenters. The van der Waals surface area contributed by atoms with Crippen molar-refractivity contribution in [3.8, 4) is 0 Å². The number of amides is 1. The van der Waals surface area contributed by atoms with Gasteiger partial charge < -0.3 is 10.1 Å². The first-order valence-corrected chi connectivity index (χ1v) is 11.1. The van der Waals surface area contributed by atoms with Gasteiger partial charge in [0.05, 0.1) is 12.7 Å². The van der Waals surface area contributed by atoms with Crippen molar-refractivity contribution >= 4 is 29.3 Å². The minimum absolute atomic E-state index is 0.00309. The van der Waals surface area contributed by atoms with Crippen molar-refractivity contribution in [1.82, 2.24) is 4.90 Å². The normalized spacial score (nSPS) is 14.4. The zero-order chi connectivity index (χ0) is 20.6. The van der Waals surface area contributed by atoms with Crippen molar-refractivity contribution in [3.63, 3.8) is 0 Å². The van der Waals surface area contributed by atoms with E-state index >= 15 is 0 Å². The molecule has 0 aliphatic carbocycles. The number of esters is 1. The number of thioether (sulfide) groups is 1. The molecule has 5 nitrogen and oxygen atoms in total. The predicted octanol–water partition coefficient (Wildman–Crippen LogP) is 3.90. The Morgan fingerprint density at radius 3 is 2.52 bits per heavy atom. The molecule has 1 saturated heterocycles. The lowest BCUT2D eigenvalue weighted by atomic mass is 10.0. The molecule has 0 aromatic heterocycles. The quantitative estimate of drug-likeness (QED) is 0.699. The Balaban J connectivity index is 1.54. The molecule has 0 spiro atoms. The number of methoxy groups -OCH3 is 1. The number of carbonyl (C=O) groups is 2. The zero-order valence-corrected chi connectivity index (χ0v) is 17.9. The third kappa shape index (κ3) is 6.08. The van der Waals surface area contributed by atoms with Gasteiger partial charge in [-0.15, -0.1) is 0 Å². The standard InChI is InChI=1S/C23H28N2O3S/c1-17-20(16-25-12-14-29-15-13-25)4-3-5-21(17)24-22(26)11-8-18-6-9-19(10-7-18)23(27)28-2/h3-7,9-10H,8,11-16H2,1-2H3,(H,24,26). The van der Waals surface area contributed by atoms with E-state index in [9.17, 15) is 9.59 Å². The van der Waals surface area contributed by atoms with Gasteiger partial charge in [0, 0.05) is 43.2 Å². The van der Waals surface area contributed by atoms with Crippen LogP contribution in [0.3, 0.4) is 0 Å². The molecule has 0 saturated carbocycles. The summed E-state index contributed by atoms with van der Waals surface area (Å²) < 4.78 is 4.70. The number of benzene rings is 2. The van der Waals surface area contributed by atoms with Crippen molar-refractivity contribution in [2.75, 3.05) is 37.0 Å². The summed E-state index contributed by atoms with van der Waals surface area (Å²) in [6.07, 6.45) is 1.02. The van der Waals surface area contributed by atoms with Gasteiger partial charge in [0.25, 0.3) is 0 Å². The Morgan fingerprint density at radius 2 is 1.83 bits per heavy atom. The summed E-state index contributed by atoms with van der Waals surface area (Å²) in [7, 11) is 1.36. The Kier molecular flexibility index (Phi) is 7.72. The molecule has 1 aliphatic heterocycles. The molecule has 6 heteroatoms. The van der Waals surface area contributed by atoms with E-state index in [1.807, 2.05) is 36.0 Å². The summed E-state index contributed by atoms with van der Waals surface area (Å²) in [5.41, 5.74) is 4.83. The van der Waals surface area contributed by atoms with Crippen LogP contribution in [0.4, 0.5) is 5.69 Å². The smallest absolute Gasteiger partial charge is 0.337 e. The highest BCUT2D eigenvalue weighted by Crippen LogP contribution is 2.22. The molecule has 0 radical (unpaired) electrons. The maximum absolute atomic E-state index is 12.5. The maximum Gasteiger partial charge on any atom is 0.337 e. The van der Waals surface area contributed by atoms with E-state index < -0.39 is 0 Å². The Morgan fingerprint density at radius 1 is 1.10 bits per heavy atom. The number of nitrogens with zero attached hydrogens (tertiary/aromatic N) is 1. The third-order valence-corrected chi connectivity index (χ3v) is 6.18. The molecule has 1 fully saturated rings. The molecule has 1 amide bonds. The SMILES string of the molecule is COC(=O)c1ccc(CCC(=O)Nc2cccc(CN3CCSCC3)c2C)cc1.